The van der Waals surface area contributed by atoms with E-state index in [1.807, 2.05) is 34.9 Å². The summed E-state index contributed by atoms with van der Waals surface area (Å²) < 4.78 is 3.56. The third-order valence-corrected chi connectivity index (χ3v) is 11.0. The van der Waals surface area contributed by atoms with Crippen molar-refractivity contribution >= 4 is 11.0 Å². The van der Waals surface area contributed by atoms with Gasteiger partial charge >= 0.3 is 0 Å². The van der Waals surface area contributed by atoms with Crippen molar-refractivity contribution in [3.63, 3.8) is 0 Å². The van der Waals surface area contributed by atoms with Crippen molar-refractivity contribution < 1.29 is 0 Å². The molecular formula is C31H36N4O2. The Hall–Kier alpha value is -2.73. The molecule has 3 aromatic rings. The number of piperidine rings is 2. The van der Waals surface area contributed by atoms with Crippen LogP contribution in [0.1, 0.15) is 70.3 Å². The summed E-state index contributed by atoms with van der Waals surface area (Å²) >= 11 is 0. The maximum Gasteiger partial charge on any atom is 0.278 e. The van der Waals surface area contributed by atoms with Gasteiger partial charge in [0.2, 0.25) is 0 Å². The Morgan fingerprint density at radius 2 is 1.68 bits per heavy atom. The van der Waals surface area contributed by atoms with Gasteiger partial charge < -0.3 is 9.13 Å². The normalized spacial score (nSPS) is 36.5. The van der Waals surface area contributed by atoms with Gasteiger partial charge in [-0.25, -0.2) is 4.98 Å². The van der Waals surface area contributed by atoms with Crippen molar-refractivity contribution in [2.75, 3.05) is 0 Å². The molecule has 6 nitrogen and oxygen atoms in total. The van der Waals surface area contributed by atoms with Crippen LogP contribution < -0.4 is 11.1 Å². The molecule has 192 valence electrons. The molecule has 4 heterocycles. The second-order valence-electron chi connectivity index (χ2n) is 12.8. The molecule has 4 saturated carbocycles. The van der Waals surface area contributed by atoms with Gasteiger partial charge in [-0.3, -0.25) is 14.5 Å². The lowest BCUT2D eigenvalue weighted by Crippen LogP contribution is -2.75. The Balaban J connectivity index is 1.22. The van der Waals surface area contributed by atoms with Gasteiger partial charge in [0.25, 0.3) is 11.1 Å². The lowest BCUT2D eigenvalue weighted by Gasteiger charge is -2.73. The van der Waals surface area contributed by atoms with E-state index in [-0.39, 0.29) is 22.9 Å². The molecule has 0 amide bonds. The Bertz CT molecular complexity index is 1510. The fraction of sp³-hybridized carbons (Fsp3) is 0.581. The predicted molar refractivity (Wildman–Crippen MR) is 145 cm³/mol. The smallest absolute Gasteiger partial charge is 0.278 e. The topological polar surface area (TPSA) is 60.1 Å². The zero-order valence-corrected chi connectivity index (χ0v) is 21.7. The number of fused-ring (bicyclic) bond motifs is 4. The lowest BCUT2D eigenvalue weighted by atomic mass is 9.42. The molecule has 0 spiro atoms. The lowest BCUT2D eigenvalue weighted by molar-refractivity contribution is -0.221. The van der Waals surface area contributed by atoms with Gasteiger partial charge in [0.05, 0.1) is 16.6 Å². The number of pyridine rings is 1. The average Bonchev–Trinajstić information content (AvgIpc) is 2.89. The number of rotatable bonds is 3. The molecular weight excluding hydrogens is 460 g/mol. The molecule has 6 heteroatoms. The molecule has 2 aliphatic heterocycles. The molecule has 1 aromatic carbocycles. The third kappa shape index (κ3) is 3.05. The molecule has 6 aliphatic rings. The fourth-order valence-corrected chi connectivity index (χ4v) is 9.82. The number of para-hydroxylation sites is 2. The highest BCUT2D eigenvalue weighted by Gasteiger charge is 2.65. The highest BCUT2D eigenvalue weighted by atomic mass is 16.1. The van der Waals surface area contributed by atoms with Crippen LogP contribution in [0.5, 0.6) is 0 Å². The standard InChI is InChI=1S/C31H36N4O2/c1-33-13-5-8-24(29(33)36)28-30(37)34(27-10-3-2-9-26(27)32-28)23-15-21-6-4-7-22(16-23)35(21)31-17-19-11-12-25(31)20(14-19)18-31/h2-3,5,8-10,13,19-23,25H,4,6-7,11-12,14-18H2,1H3. The van der Waals surface area contributed by atoms with E-state index in [1.165, 1.54) is 55.9 Å². The number of hydrogen-bond donors (Lipinski definition) is 0. The predicted octanol–water partition coefficient (Wildman–Crippen LogP) is 4.90. The summed E-state index contributed by atoms with van der Waals surface area (Å²) in [6, 6.07) is 12.8. The van der Waals surface area contributed by atoms with Crippen LogP contribution in [0, 0.1) is 17.8 Å². The van der Waals surface area contributed by atoms with Gasteiger partial charge in [-0.15, -0.1) is 0 Å². The first-order chi connectivity index (χ1) is 18.0. The number of benzene rings is 1. The molecule has 9 rings (SSSR count). The van der Waals surface area contributed by atoms with E-state index < -0.39 is 0 Å². The Morgan fingerprint density at radius 1 is 0.865 bits per heavy atom. The van der Waals surface area contributed by atoms with E-state index in [0.29, 0.717) is 23.2 Å². The molecule has 2 aromatic heterocycles. The van der Waals surface area contributed by atoms with Gasteiger partial charge in [-0.05, 0) is 93.4 Å². The van der Waals surface area contributed by atoms with E-state index >= 15 is 0 Å². The number of aryl methyl sites for hydroxylation is 1. The van der Waals surface area contributed by atoms with Crippen LogP contribution in [0.3, 0.4) is 0 Å². The number of nitrogens with zero attached hydrogens (tertiary/aromatic N) is 4. The fourth-order valence-electron chi connectivity index (χ4n) is 9.82. The maximum atomic E-state index is 14.2. The van der Waals surface area contributed by atoms with E-state index in [9.17, 15) is 9.59 Å². The second kappa shape index (κ2) is 7.89. The maximum absolute atomic E-state index is 14.2. The summed E-state index contributed by atoms with van der Waals surface area (Å²) in [7, 11) is 1.73. The minimum Gasteiger partial charge on any atom is -0.318 e. The van der Waals surface area contributed by atoms with Gasteiger partial charge in [0.1, 0.15) is 5.69 Å². The third-order valence-electron chi connectivity index (χ3n) is 11.0. The molecule has 6 fully saturated rings. The largest absolute Gasteiger partial charge is 0.318 e. The summed E-state index contributed by atoms with van der Waals surface area (Å²) in [4.78, 5) is 34.9. The second-order valence-corrected chi connectivity index (χ2v) is 12.8. The van der Waals surface area contributed by atoms with Crippen LogP contribution in [-0.4, -0.2) is 36.6 Å². The molecule has 6 atom stereocenters. The van der Waals surface area contributed by atoms with Gasteiger partial charge in [-0.2, -0.15) is 0 Å². The van der Waals surface area contributed by atoms with E-state index in [4.69, 9.17) is 4.98 Å². The summed E-state index contributed by atoms with van der Waals surface area (Å²) in [5.41, 5.74) is 2.55. The van der Waals surface area contributed by atoms with Crippen molar-refractivity contribution in [2.45, 2.75) is 87.9 Å². The molecule has 0 N–H and O–H groups in total. The van der Waals surface area contributed by atoms with E-state index in [0.717, 1.165) is 41.6 Å². The zero-order valence-electron chi connectivity index (χ0n) is 21.7. The summed E-state index contributed by atoms with van der Waals surface area (Å²) in [5, 5.41) is 0. The zero-order chi connectivity index (χ0) is 24.9. The van der Waals surface area contributed by atoms with E-state index in [2.05, 4.69) is 4.90 Å². The van der Waals surface area contributed by atoms with Crippen molar-refractivity contribution in [1.82, 2.24) is 19.0 Å². The van der Waals surface area contributed by atoms with Crippen molar-refractivity contribution in [1.29, 1.82) is 0 Å². The molecule has 0 radical (unpaired) electrons. The Labute approximate surface area is 217 Å². The van der Waals surface area contributed by atoms with Crippen molar-refractivity contribution in [3.05, 3.63) is 63.3 Å². The van der Waals surface area contributed by atoms with Crippen LogP contribution in [0.2, 0.25) is 0 Å². The average molecular weight is 497 g/mol. The summed E-state index contributed by atoms with van der Waals surface area (Å²) in [6.45, 7) is 0. The van der Waals surface area contributed by atoms with Gasteiger partial charge in [-0.1, -0.05) is 25.0 Å². The Kier molecular flexibility index (Phi) is 4.75. The van der Waals surface area contributed by atoms with Gasteiger partial charge in [0.15, 0.2) is 0 Å². The minimum atomic E-state index is -0.174. The Morgan fingerprint density at radius 3 is 2.43 bits per heavy atom. The molecule has 6 bridgehead atoms. The van der Waals surface area contributed by atoms with Crippen LogP contribution in [0.4, 0.5) is 0 Å². The SMILES string of the molecule is Cn1cccc(-c2nc3ccccc3n(C3CC4CCCC(C3)N4C34CC5CCC3C(C5)C4)c2=O)c1=O. The first-order valence-corrected chi connectivity index (χ1v) is 14.5. The van der Waals surface area contributed by atoms with Gasteiger partial charge in [0, 0.05) is 36.9 Å². The van der Waals surface area contributed by atoms with Crippen molar-refractivity contribution in [2.24, 2.45) is 24.8 Å². The van der Waals surface area contributed by atoms with Crippen LogP contribution in [-0.2, 0) is 7.05 Å². The molecule has 6 unspecified atom stereocenters. The quantitative estimate of drug-likeness (QED) is 0.518. The van der Waals surface area contributed by atoms with Crippen LogP contribution >= 0.6 is 0 Å². The minimum absolute atomic E-state index is 0.114. The number of hydrogen-bond acceptors (Lipinski definition) is 4. The molecule has 2 saturated heterocycles. The highest BCUT2D eigenvalue weighted by molar-refractivity contribution is 5.77. The number of aromatic nitrogens is 3. The molecule has 4 aliphatic carbocycles. The first-order valence-electron chi connectivity index (χ1n) is 14.5. The molecule has 37 heavy (non-hydrogen) atoms. The monoisotopic (exact) mass is 496 g/mol. The summed E-state index contributed by atoms with van der Waals surface area (Å²) in [5.74, 6) is 2.85. The van der Waals surface area contributed by atoms with Crippen molar-refractivity contribution in [3.8, 4) is 11.3 Å². The van der Waals surface area contributed by atoms with Crippen LogP contribution in [0.15, 0.2) is 52.2 Å². The first kappa shape index (κ1) is 22.3. The highest BCUT2D eigenvalue weighted by Crippen LogP contribution is 2.67. The van der Waals surface area contributed by atoms with E-state index in [1.54, 1.807) is 19.3 Å². The van der Waals surface area contributed by atoms with Crippen LogP contribution in [0.25, 0.3) is 22.3 Å². The summed E-state index contributed by atoms with van der Waals surface area (Å²) in [6.07, 6.45) is 14.8.